The van der Waals surface area contributed by atoms with Gasteiger partial charge in [0.2, 0.25) is 0 Å². The van der Waals surface area contributed by atoms with E-state index in [-0.39, 0.29) is 17.9 Å². The summed E-state index contributed by atoms with van der Waals surface area (Å²) in [7, 11) is 0. The van der Waals surface area contributed by atoms with Crippen LogP contribution in [-0.2, 0) is 13.2 Å². The molecule has 4 aromatic rings. The second-order valence-electron chi connectivity index (χ2n) is 8.81. The maximum absolute atomic E-state index is 11.2. The zero-order valence-electron chi connectivity index (χ0n) is 22.0. The van der Waals surface area contributed by atoms with E-state index in [0.29, 0.717) is 47.5 Å². The third-order valence-corrected chi connectivity index (χ3v) is 6.22. The number of nitro groups is 1. The number of ether oxygens (including phenoxy) is 4. The zero-order valence-corrected chi connectivity index (χ0v) is 22.8. The van der Waals surface area contributed by atoms with E-state index in [1.807, 2.05) is 68.4 Å². The van der Waals surface area contributed by atoms with Gasteiger partial charge >= 0.3 is 0 Å². The Morgan fingerprint density at radius 1 is 0.850 bits per heavy atom. The molecule has 206 valence electrons. The molecule has 1 unspecified atom stereocenters. The molecule has 0 fully saturated rings. The smallest absolute Gasteiger partial charge is 0.280 e. The van der Waals surface area contributed by atoms with E-state index >= 15 is 0 Å². The van der Waals surface area contributed by atoms with Crippen LogP contribution in [0.2, 0.25) is 5.02 Å². The Bertz CT molecular complexity index is 1480. The lowest BCUT2D eigenvalue weighted by Gasteiger charge is -2.21. The Labute approximate surface area is 237 Å². The molecule has 0 aliphatic carbocycles. The monoisotopic (exact) mass is 561 g/mol. The molecule has 0 heterocycles. The molecule has 0 radical (unpaired) electrons. The first-order valence-corrected chi connectivity index (χ1v) is 13.0. The number of carbonyl (C=O) groups is 1. The largest absolute Gasteiger partial charge is 0.490 e. The van der Waals surface area contributed by atoms with Crippen LogP contribution in [0.3, 0.4) is 0 Å². The van der Waals surface area contributed by atoms with Gasteiger partial charge in [0, 0.05) is 16.7 Å². The molecule has 0 aliphatic rings. The quantitative estimate of drug-likeness (QED) is 0.0934. The van der Waals surface area contributed by atoms with Crippen molar-refractivity contribution >= 4 is 23.6 Å². The van der Waals surface area contributed by atoms with Gasteiger partial charge in [0.15, 0.2) is 17.8 Å². The first-order valence-electron chi connectivity index (χ1n) is 12.6. The number of benzene rings is 4. The standard InChI is InChI=1S/C31H28ClNO7/c1-3-37-31-15-23(20-38-26-11-12-28(33(35)36)24(16-26)18-34)9-13-30(31)40-21(2)27-17-25(32)10-14-29(27)39-19-22-7-5-4-6-8-22/h4-18,21H,3,19-20H2,1-2H3. The predicted octanol–water partition coefficient (Wildman–Crippen LogP) is 7.76. The highest BCUT2D eigenvalue weighted by Crippen LogP contribution is 2.36. The summed E-state index contributed by atoms with van der Waals surface area (Å²) in [5.74, 6) is 2.07. The minimum atomic E-state index is -0.608. The summed E-state index contributed by atoms with van der Waals surface area (Å²) in [5, 5.41) is 11.6. The minimum absolute atomic E-state index is 0.0524. The van der Waals surface area contributed by atoms with E-state index in [4.69, 9.17) is 30.5 Å². The van der Waals surface area contributed by atoms with Crippen LogP contribution in [0.4, 0.5) is 5.69 Å². The average Bonchev–Trinajstić information content (AvgIpc) is 2.96. The summed E-state index contributed by atoms with van der Waals surface area (Å²) in [6, 6.07) is 24.8. The number of hydrogen-bond acceptors (Lipinski definition) is 7. The first kappa shape index (κ1) is 28.4. The number of nitro benzene ring substituents is 1. The van der Waals surface area contributed by atoms with Gasteiger partial charge in [0.25, 0.3) is 5.69 Å². The molecule has 4 rings (SSSR count). The van der Waals surface area contributed by atoms with Gasteiger partial charge in [0.05, 0.1) is 17.1 Å². The Hall–Kier alpha value is -4.56. The number of aldehydes is 1. The van der Waals surface area contributed by atoms with E-state index < -0.39 is 11.0 Å². The number of hydrogen-bond donors (Lipinski definition) is 0. The molecule has 0 bridgehead atoms. The van der Waals surface area contributed by atoms with Crippen molar-refractivity contribution in [2.24, 2.45) is 0 Å². The summed E-state index contributed by atoms with van der Waals surface area (Å²) in [4.78, 5) is 21.7. The highest BCUT2D eigenvalue weighted by Gasteiger charge is 2.18. The third-order valence-electron chi connectivity index (χ3n) is 5.99. The summed E-state index contributed by atoms with van der Waals surface area (Å²) in [6.07, 6.45) is 0.0245. The molecule has 9 heteroatoms. The van der Waals surface area contributed by atoms with Gasteiger partial charge < -0.3 is 18.9 Å². The maximum Gasteiger partial charge on any atom is 0.280 e. The Morgan fingerprint density at radius 2 is 1.60 bits per heavy atom. The van der Waals surface area contributed by atoms with Crippen molar-refractivity contribution in [1.29, 1.82) is 0 Å². The van der Waals surface area contributed by atoms with Crippen molar-refractivity contribution in [3.8, 4) is 23.0 Å². The fourth-order valence-corrected chi connectivity index (χ4v) is 4.20. The number of carbonyl (C=O) groups excluding carboxylic acids is 1. The van der Waals surface area contributed by atoms with Crippen molar-refractivity contribution < 1.29 is 28.7 Å². The molecule has 0 saturated carbocycles. The van der Waals surface area contributed by atoms with Gasteiger partial charge in [-0.25, -0.2) is 0 Å². The van der Waals surface area contributed by atoms with Crippen LogP contribution in [0.25, 0.3) is 0 Å². The summed E-state index contributed by atoms with van der Waals surface area (Å²) in [6.45, 7) is 4.76. The SMILES string of the molecule is CCOc1cc(COc2ccc([N+](=O)[O-])c(C=O)c2)ccc1OC(C)c1cc(Cl)ccc1OCc1ccccc1. The van der Waals surface area contributed by atoms with Crippen LogP contribution in [0.1, 0.15) is 47.0 Å². The van der Waals surface area contributed by atoms with Gasteiger partial charge in [-0.1, -0.05) is 48.0 Å². The highest BCUT2D eigenvalue weighted by atomic mass is 35.5. The molecule has 40 heavy (non-hydrogen) atoms. The number of nitrogens with zero attached hydrogens (tertiary/aromatic N) is 1. The van der Waals surface area contributed by atoms with Crippen molar-refractivity contribution in [2.45, 2.75) is 33.2 Å². The third kappa shape index (κ3) is 7.30. The van der Waals surface area contributed by atoms with Crippen LogP contribution in [0.5, 0.6) is 23.0 Å². The highest BCUT2D eigenvalue weighted by molar-refractivity contribution is 6.30. The molecular weight excluding hydrogens is 534 g/mol. The van der Waals surface area contributed by atoms with E-state index in [1.54, 1.807) is 12.1 Å². The number of rotatable bonds is 13. The Balaban J connectivity index is 1.49. The molecule has 4 aromatic carbocycles. The molecule has 0 amide bonds. The lowest BCUT2D eigenvalue weighted by molar-refractivity contribution is -0.385. The molecular formula is C31H28ClNO7. The number of halogens is 1. The van der Waals surface area contributed by atoms with Gasteiger partial charge in [-0.2, -0.15) is 0 Å². The average molecular weight is 562 g/mol. The van der Waals surface area contributed by atoms with Gasteiger partial charge in [-0.15, -0.1) is 0 Å². The minimum Gasteiger partial charge on any atom is -0.490 e. The lowest BCUT2D eigenvalue weighted by Crippen LogP contribution is -2.08. The fraction of sp³-hybridized carbons (Fsp3) is 0.194. The predicted molar refractivity (Wildman–Crippen MR) is 152 cm³/mol. The Morgan fingerprint density at radius 3 is 2.33 bits per heavy atom. The van der Waals surface area contributed by atoms with E-state index in [1.165, 1.54) is 18.2 Å². The second-order valence-corrected chi connectivity index (χ2v) is 9.25. The van der Waals surface area contributed by atoms with Gasteiger partial charge in [0.1, 0.15) is 30.8 Å². The van der Waals surface area contributed by atoms with Gasteiger partial charge in [-0.3, -0.25) is 14.9 Å². The van der Waals surface area contributed by atoms with E-state index in [2.05, 4.69) is 0 Å². The summed E-state index contributed by atoms with van der Waals surface area (Å²) < 4.78 is 24.0. The van der Waals surface area contributed by atoms with Gasteiger partial charge in [-0.05, 0) is 67.4 Å². The van der Waals surface area contributed by atoms with E-state index in [9.17, 15) is 14.9 Å². The zero-order chi connectivity index (χ0) is 28.5. The molecule has 1 atom stereocenters. The van der Waals surface area contributed by atoms with Crippen molar-refractivity contribution in [3.63, 3.8) is 0 Å². The van der Waals surface area contributed by atoms with Crippen molar-refractivity contribution in [2.75, 3.05) is 6.61 Å². The normalized spacial score (nSPS) is 11.4. The van der Waals surface area contributed by atoms with E-state index in [0.717, 1.165) is 16.7 Å². The summed E-state index contributed by atoms with van der Waals surface area (Å²) >= 11 is 6.31. The van der Waals surface area contributed by atoms with Crippen LogP contribution in [0.15, 0.2) is 84.9 Å². The van der Waals surface area contributed by atoms with Crippen LogP contribution >= 0.6 is 11.6 Å². The van der Waals surface area contributed by atoms with Crippen molar-refractivity contribution in [3.05, 3.63) is 122 Å². The molecule has 8 nitrogen and oxygen atoms in total. The molecule has 0 aliphatic heterocycles. The fourth-order valence-electron chi connectivity index (χ4n) is 4.02. The van der Waals surface area contributed by atoms with Crippen LogP contribution < -0.4 is 18.9 Å². The second kappa shape index (κ2) is 13.5. The molecule has 0 aromatic heterocycles. The summed E-state index contributed by atoms with van der Waals surface area (Å²) in [5.41, 5.74) is 2.30. The lowest BCUT2D eigenvalue weighted by atomic mass is 10.1. The maximum atomic E-state index is 11.2. The van der Waals surface area contributed by atoms with Crippen LogP contribution in [-0.4, -0.2) is 17.8 Å². The Kier molecular flexibility index (Phi) is 9.59. The molecule has 0 saturated heterocycles. The van der Waals surface area contributed by atoms with Crippen molar-refractivity contribution in [1.82, 2.24) is 0 Å². The molecule has 0 spiro atoms. The molecule has 0 N–H and O–H groups in total. The topological polar surface area (TPSA) is 97.1 Å². The van der Waals surface area contributed by atoms with Crippen LogP contribution in [0, 0.1) is 10.1 Å². The first-order chi connectivity index (χ1) is 19.4.